The molecular formula is C15H19N3S. The summed E-state index contributed by atoms with van der Waals surface area (Å²) in [6.45, 7) is 5.25. The summed E-state index contributed by atoms with van der Waals surface area (Å²) in [6.07, 6.45) is 3.65. The Morgan fingerprint density at radius 3 is 2.79 bits per heavy atom. The van der Waals surface area contributed by atoms with Crippen molar-refractivity contribution in [3.05, 3.63) is 28.8 Å². The number of thiophene rings is 1. The number of nitrogens with one attached hydrogen (secondary N) is 1. The van der Waals surface area contributed by atoms with Crippen LogP contribution in [0.15, 0.2) is 18.2 Å². The van der Waals surface area contributed by atoms with Gasteiger partial charge in [-0.15, -0.1) is 11.3 Å². The van der Waals surface area contributed by atoms with Gasteiger partial charge in [0, 0.05) is 29.1 Å². The van der Waals surface area contributed by atoms with Gasteiger partial charge in [-0.05, 0) is 38.3 Å². The van der Waals surface area contributed by atoms with E-state index in [2.05, 4.69) is 42.3 Å². The van der Waals surface area contributed by atoms with Gasteiger partial charge in [0.2, 0.25) is 0 Å². The van der Waals surface area contributed by atoms with Crippen LogP contribution in [0.1, 0.15) is 42.7 Å². The first kappa shape index (κ1) is 12.6. The van der Waals surface area contributed by atoms with Crippen LogP contribution >= 0.6 is 11.3 Å². The highest BCUT2D eigenvalue weighted by Crippen LogP contribution is 2.40. The average Bonchev–Trinajstić information content (AvgIpc) is 3.18. The number of nitrogens with zero attached hydrogens (tertiary/aromatic N) is 2. The largest absolute Gasteiger partial charge is 0.370 e. The molecule has 3 nitrogen and oxygen atoms in total. The van der Waals surface area contributed by atoms with E-state index in [-0.39, 0.29) is 0 Å². The lowest BCUT2D eigenvalue weighted by Crippen LogP contribution is -2.05. The Morgan fingerprint density at radius 1 is 1.32 bits per heavy atom. The standard InChI is InChI=1S/C15H19N3S/c1-3-8-16-14-9-12(11-5-6-11)17-15(18-14)13-7-4-10(2)19-13/h4,7,9,11H,3,5-6,8H2,1-2H3,(H,16,17,18). The molecule has 0 amide bonds. The zero-order chi connectivity index (χ0) is 13.2. The minimum absolute atomic E-state index is 0.657. The highest BCUT2D eigenvalue weighted by atomic mass is 32.1. The Kier molecular flexibility index (Phi) is 3.51. The molecule has 2 heterocycles. The Morgan fingerprint density at radius 2 is 2.16 bits per heavy atom. The number of rotatable bonds is 5. The summed E-state index contributed by atoms with van der Waals surface area (Å²) in [5.74, 6) is 2.51. The van der Waals surface area contributed by atoms with Crippen molar-refractivity contribution in [2.75, 3.05) is 11.9 Å². The first-order chi connectivity index (χ1) is 9.26. The fourth-order valence-electron chi connectivity index (χ4n) is 2.06. The molecule has 1 saturated carbocycles. The van der Waals surface area contributed by atoms with Gasteiger partial charge in [0.15, 0.2) is 5.82 Å². The van der Waals surface area contributed by atoms with Gasteiger partial charge in [-0.3, -0.25) is 0 Å². The Balaban J connectivity index is 1.95. The fraction of sp³-hybridized carbons (Fsp3) is 0.467. The topological polar surface area (TPSA) is 37.8 Å². The molecule has 0 aromatic carbocycles. The van der Waals surface area contributed by atoms with Crippen molar-refractivity contribution in [3.8, 4) is 10.7 Å². The zero-order valence-corrected chi connectivity index (χ0v) is 12.3. The summed E-state index contributed by atoms with van der Waals surface area (Å²) in [4.78, 5) is 11.9. The highest BCUT2D eigenvalue weighted by Gasteiger charge is 2.26. The third-order valence-corrected chi connectivity index (χ3v) is 4.26. The van der Waals surface area contributed by atoms with Crippen LogP contribution in [0.25, 0.3) is 10.7 Å². The molecule has 0 atom stereocenters. The van der Waals surface area contributed by atoms with E-state index in [1.807, 2.05) is 0 Å². The Bertz CT molecular complexity index is 573. The summed E-state index contributed by atoms with van der Waals surface area (Å²) in [5.41, 5.74) is 1.20. The average molecular weight is 273 g/mol. The minimum Gasteiger partial charge on any atom is -0.370 e. The van der Waals surface area contributed by atoms with E-state index in [1.165, 1.54) is 28.3 Å². The van der Waals surface area contributed by atoms with Crippen molar-refractivity contribution < 1.29 is 0 Å². The minimum atomic E-state index is 0.657. The van der Waals surface area contributed by atoms with Gasteiger partial charge in [0.05, 0.1) is 4.88 Å². The molecule has 2 aromatic rings. The maximum absolute atomic E-state index is 4.75. The van der Waals surface area contributed by atoms with Crippen LogP contribution in [-0.4, -0.2) is 16.5 Å². The van der Waals surface area contributed by atoms with E-state index in [0.717, 1.165) is 24.6 Å². The lowest BCUT2D eigenvalue weighted by atomic mass is 10.2. The lowest BCUT2D eigenvalue weighted by Gasteiger charge is -2.08. The van der Waals surface area contributed by atoms with Gasteiger partial charge < -0.3 is 5.32 Å². The number of hydrogen-bond acceptors (Lipinski definition) is 4. The maximum Gasteiger partial charge on any atom is 0.171 e. The molecule has 0 saturated heterocycles. The SMILES string of the molecule is CCCNc1cc(C2CC2)nc(-c2ccc(C)s2)n1. The molecule has 4 heteroatoms. The van der Waals surface area contributed by atoms with E-state index in [9.17, 15) is 0 Å². The monoisotopic (exact) mass is 273 g/mol. The third-order valence-electron chi connectivity index (χ3n) is 3.26. The second-order valence-corrected chi connectivity index (χ2v) is 6.40. The first-order valence-electron chi connectivity index (χ1n) is 6.96. The van der Waals surface area contributed by atoms with Crippen LogP contribution < -0.4 is 5.32 Å². The molecule has 0 unspecified atom stereocenters. The molecule has 1 N–H and O–H groups in total. The van der Waals surface area contributed by atoms with Crippen LogP contribution in [0.3, 0.4) is 0 Å². The molecule has 1 aliphatic rings. The summed E-state index contributed by atoms with van der Waals surface area (Å²) in [6, 6.07) is 6.37. The maximum atomic E-state index is 4.75. The molecule has 0 aliphatic heterocycles. The van der Waals surface area contributed by atoms with E-state index in [4.69, 9.17) is 4.98 Å². The van der Waals surface area contributed by atoms with E-state index in [0.29, 0.717) is 5.92 Å². The van der Waals surface area contributed by atoms with Crippen LogP contribution in [0, 0.1) is 6.92 Å². The molecule has 1 fully saturated rings. The summed E-state index contributed by atoms with van der Waals surface area (Å²) in [7, 11) is 0. The Labute approximate surface area is 118 Å². The van der Waals surface area contributed by atoms with E-state index >= 15 is 0 Å². The second-order valence-electron chi connectivity index (χ2n) is 5.11. The van der Waals surface area contributed by atoms with E-state index < -0.39 is 0 Å². The lowest BCUT2D eigenvalue weighted by molar-refractivity contribution is 0.949. The van der Waals surface area contributed by atoms with Crippen molar-refractivity contribution in [3.63, 3.8) is 0 Å². The summed E-state index contributed by atoms with van der Waals surface area (Å²) < 4.78 is 0. The molecule has 19 heavy (non-hydrogen) atoms. The number of aryl methyl sites for hydroxylation is 1. The van der Waals surface area contributed by atoms with Crippen molar-refractivity contribution in [1.82, 2.24) is 9.97 Å². The summed E-state index contributed by atoms with van der Waals surface area (Å²) >= 11 is 1.76. The smallest absolute Gasteiger partial charge is 0.171 e. The normalized spacial score (nSPS) is 14.6. The number of aromatic nitrogens is 2. The molecule has 3 rings (SSSR count). The molecule has 2 aromatic heterocycles. The van der Waals surface area contributed by atoms with Gasteiger partial charge in [0.25, 0.3) is 0 Å². The predicted octanol–water partition coefficient (Wildman–Crippen LogP) is 4.21. The molecule has 0 spiro atoms. The zero-order valence-electron chi connectivity index (χ0n) is 11.4. The van der Waals surface area contributed by atoms with Crippen LogP contribution in [0.4, 0.5) is 5.82 Å². The fourth-order valence-corrected chi connectivity index (χ4v) is 2.86. The molecule has 1 aliphatic carbocycles. The highest BCUT2D eigenvalue weighted by molar-refractivity contribution is 7.15. The van der Waals surface area contributed by atoms with E-state index in [1.54, 1.807) is 11.3 Å². The van der Waals surface area contributed by atoms with Crippen molar-refractivity contribution in [2.24, 2.45) is 0 Å². The van der Waals surface area contributed by atoms with Crippen molar-refractivity contribution >= 4 is 17.2 Å². The first-order valence-corrected chi connectivity index (χ1v) is 7.77. The van der Waals surface area contributed by atoms with Gasteiger partial charge in [-0.1, -0.05) is 6.92 Å². The summed E-state index contributed by atoms with van der Waals surface area (Å²) in [5, 5.41) is 3.39. The van der Waals surface area contributed by atoms with Gasteiger partial charge in [-0.25, -0.2) is 9.97 Å². The molecule has 0 bridgehead atoms. The third kappa shape index (κ3) is 2.95. The number of hydrogen-bond donors (Lipinski definition) is 1. The predicted molar refractivity (Wildman–Crippen MR) is 80.8 cm³/mol. The van der Waals surface area contributed by atoms with Crippen molar-refractivity contribution in [2.45, 2.75) is 39.0 Å². The molecule has 0 radical (unpaired) electrons. The molecular weight excluding hydrogens is 254 g/mol. The second kappa shape index (κ2) is 5.29. The van der Waals surface area contributed by atoms with Crippen LogP contribution in [0.5, 0.6) is 0 Å². The van der Waals surface area contributed by atoms with Gasteiger partial charge in [0.1, 0.15) is 5.82 Å². The number of anilines is 1. The quantitative estimate of drug-likeness (QED) is 0.886. The van der Waals surface area contributed by atoms with Crippen LogP contribution in [-0.2, 0) is 0 Å². The van der Waals surface area contributed by atoms with Gasteiger partial charge >= 0.3 is 0 Å². The Hall–Kier alpha value is -1.42. The van der Waals surface area contributed by atoms with Crippen molar-refractivity contribution in [1.29, 1.82) is 0 Å². The van der Waals surface area contributed by atoms with Crippen LogP contribution in [0.2, 0.25) is 0 Å². The van der Waals surface area contributed by atoms with Gasteiger partial charge in [-0.2, -0.15) is 0 Å². The molecule has 100 valence electrons.